The highest BCUT2D eigenvalue weighted by atomic mass is 16.2. The van der Waals surface area contributed by atoms with Crippen LogP contribution in [0.4, 0.5) is 4.79 Å². The molecule has 0 fully saturated rings. The molecule has 0 aliphatic heterocycles. The first-order chi connectivity index (χ1) is 12.5. The Morgan fingerprint density at radius 3 is 2.35 bits per heavy atom. The van der Waals surface area contributed by atoms with Crippen molar-refractivity contribution < 1.29 is 4.79 Å². The van der Waals surface area contributed by atoms with Crippen LogP contribution in [0.2, 0.25) is 0 Å². The molecule has 1 heterocycles. The second-order valence-electron chi connectivity index (χ2n) is 6.59. The van der Waals surface area contributed by atoms with Crippen molar-refractivity contribution >= 4 is 6.03 Å². The first-order valence-electron chi connectivity index (χ1n) is 8.85. The third kappa shape index (κ3) is 4.14. The van der Waals surface area contributed by atoms with Gasteiger partial charge in [0.2, 0.25) is 0 Å². The van der Waals surface area contributed by atoms with E-state index >= 15 is 0 Å². The van der Waals surface area contributed by atoms with Gasteiger partial charge in [-0.25, -0.2) is 4.79 Å². The van der Waals surface area contributed by atoms with Gasteiger partial charge in [0, 0.05) is 30.2 Å². The highest BCUT2D eigenvalue weighted by molar-refractivity contribution is 5.73. The van der Waals surface area contributed by atoms with Gasteiger partial charge in [0.15, 0.2) is 0 Å². The summed E-state index contributed by atoms with van der Waals surface area (Å²) in [4.78, 5) is 12.1. The summed E-state index contributed by atoms with van der Waals surface area (Å²) in [5, 5.41) is 5.84. The number of aromatic nitrogens is 1. The number of carbonyl (C=O) groups is 1. The standard InChI is InChI=1S/C22H25N3O/c1-16-8-7-11-21(12-16)25-17(2)13-20(18(25)3)15-24-22(26)23-14-19-9-5-4-6-10-19/h4-13H,14-15H2,1-3H3,(H2,23,24,26). The van der Waals surface area contributed by atoms with E-state index in [1.165, 1.54) is 5.56 Å². The van der Waals surface area contributed by atoms with E-state index in [9.17, 15) is 4.79 Å². The van der Waals surface area contributed by atoms with Crippen molar-refractivity contribution in [1.29, 1.82) is 0 Å². The quantitative estimate of drug-likeness (QED) is 0.706. The first-order valence-corrected chi connectivity index (χ1v) is 8.85. The van der Waals surface area contributed by atoms with Crippen LogP contribution in [-0.4, -0.2) is 10.6 Å². The Morgan fingerprint density at radius 2 is 1.62 bits per heavy atom. The zero-order valence-corrected chi connectivity index (χ0v) is 15.5. The summed E-state index contributed by atoms with van der Waals surface area (Å²) in [5.41, 5.74) is 6.90. The molecule has 3 aromatic rings. The number of nitrogens with one attached hydrogen (secondary N) is 2. The van der Waals surface area contributed by atoms with Gasteiger partial charge in [0.05, 0.1) is 0 Å². The lowest BCUT2D eigenvalue weighted by Gasteiger charge is -2.11. The molecule has 0 spiro atoms. The smallest absolute Gasteiger partial charge is 0.315 e. The van der Waals surface area contributed by atoms with Crippen molar-refractivity contribution in [3.63, 3.8) is 0 Å². The zero-order valence-electron chi connectivity index (χ0n) is 15.5. The van der Waals surface area contributed by atoms with Crippen LogP contribution in [0.25, 0.3) is 5.69 Å². The summed E-state index contributed by atoms with van der Waals surface area (Å²) in [6.45, 7) is 7.31. The van der Waals surface area contributed by atoms with Gasteiger partial charge in [0.25, 0.3) is 0 Å². The third-order valence-electron chi connectivity index (χ3n) is 4.53. The maximum Gasteiger partial charge on any atom is 0.315 e. The number of nitrogens with zero attached hydrogens (tertiary/aromatic N) is 1. The predicted molar refractivity (Wildman–Crippen MR) is 105 cm³/mol. The van der Waals surface area contributed by atoms with Crippen LogP contribution in [0, 0.1) is 20.8 Å². The summed E-state index contributed by atoms with van der Waals surface area (Å²) in [6.07, 6.45) is 0. The fraction of sp³-hybridized carbons (Fsp3) is 0.227. The summed E-state index contributed by atoms with van der Waals surface area (Å²) < 4.78 is 2.23. The number of aryl methyl sites for hydroxylation is 2. The SMILES string of the molecule is Cc1cccc(-n2c(C)cc(CNC(=O)NCc3ccccc3)c2C)c1. The average Bonchev–Trinajstić information content (AvgIpc) is 2.92. The second-order valence-corrected chi connectivity index (χ2v) is 6.59. The molecule has 4 heteroatoms. The van der Waals surface area contributed by atoms with Gasteiger partial charge in [-0.05, 0) is 55.7 Å². The van der Waals surface area contributed by atoms with E-state index in [1.54, 1.807) is 0 Å². The molecule has 0 aliphatic carbocycles. The van der Waals surface area contributed by atoms with Crippen LogP contribution in [0.1, 0.15) is 28.1 Å². The molecule has 26 heavy (non-hydrogen) atoms. The van der Waals surface area contributed by atoms with Crippen LogP contribution in [0.3, 0.4) is 0 Å². The normalized spacial score (nSPS) is 10.6. The minimum Gasteiger partial charge on any atom is -0.334 e. The van der Waals surface area contributed by atoms with Gasteiger partial charge in [-0.3, -0.25) is 0 Å². The molecule has 0 bridgehead atoms. The van der Waals surface area contributed by atoms with E-state index in [4.69, 9.17) is 0 Å². The lowest BCUT2D eigenvalue weighted by molar-refractivity contribution is 0.240. The van der Waals surface area contributed by atoms with Crippen molar-refractivity contribution in [2.45, 2.75) is 33.9 Å². The number of rotatable bonds is 5. The van der Waals surface area contributed by atoms with Gasteiger partial charge < -0.3 is 15.2 Å². The molecule has 0 radical (unpaired) electrons. The lowest BCUT2D eigenvalue weighted by atomic mass is 10.2. The Hall–Kier alpha value is -3.01. The predicted octanol–water partition coefficient (Wildman–Crippen LogP) is 4.40. The first kappa shape index (κ1) is 17.8. The van der Waals surface area contributed by atoms with Gasteiger partial charge in [-0.1, -0.05) is 42.5 Å². The minimum absolute atomic E-state index is 0.158. The molecular weight excluding hydrogens is 322 g/mol. The molecule has 2 amide bonds. The van der Waals surface area contributed by atoms with Gasteiger partial charge in [0.1, 0.15) is 0 Å². The van der Waals surface area contributed by atoms with E-state index in [0.717, 1.165) is 28.2 Å². The Kier molecular flexibility index (Phi) is 5.42. The van der Waals surface area contributed by atoms with E-state index in [2.05, 4.69) is 66.3 Å². The van der Waals surface area contributed by atoms with Crippen molar-refractivity contribution in [3.05, 3.63) is 88.7 Å². The molecule has 0 saturated heterocycles. The molecular formula is C22H25N3O. The van der Waals surface area contributed by atoms with Crippen LogP contribution in [-0.2, 0) is 13.1 Å². The highest BCUT2D eigenvalue weighted by Gasteiger charge is 2.11. The van der Waals surface area contributed by atoms with Crippen molar-refractivity contribution in [2.24, 2.45) is 0 Å². The number of amides is 2. The van der Waals surface area contributed by atoms with Crippen molar-refractivity contribution in [2.75, 3.05) is 0 Å². The monoisotopic (exact) mass is 347 g/mol. The van der Waals surface area contributed by atoms with E-state index in [0.29, 0.717) is 13.1 Å². The summed E-state index contributed by atoms with van der Waals surface area (Å²) in [6, 6.07) is 20.3. The fourth-order valence-electron chi connectivity index (χ4n) is 3.19. The molecule has 0 saturated carbocycles. The molecule has 0 aliphatic rings. The summed E-state index contributed by atoms with van der Waals surface area (Å²) in [5.74, 6) is 0. The molecule has 134 valence electrons. The summed E-state index contributed by atoms with van der Waals surface area (Å²) in [7, 11) is 0. The molecule has 0 unspecified atom stereocenters. The Labute approximate surface area is 154 Å². The van der Waals surface area contributed by atoms with Crippen molar-refractivity contribution in [1.82, 2.24) is 15.2 Å². The molecule has 4 nitrogen and oxygen atoms in total. The zero-order chi connectivity index (χ0) is 18.5. The molecule has 2 N–H and O–H groups in total. The van der Waals surface area contributed by atoms with Crippen molar-refractivity contribution in [3.8, 4) is 5.69 Å². The molecule has 2 aromatic carbocycles. The molecule has 0 atom stereocenters. The average molecular weight is 347 g/mol. The lowest BCUT2D eigenvalue weighted by Crippen LogP contribution is -2.34. The van der Waals surface area contributed by atoms with Gasteiger partial charge in [-0.15, -0.1) is 0 Å². The number of carbonyl (C=O) groups excluding carboxylic acids is 1. The minimum atomic E-state index is -0.158. The summed E-state index contributed by atoms with van der Waals surface area (Å²) >= 11 is 0. The second kappa shape index (κ2) is 7.91. The van der Waals surface area contributed by atoms with E-state index < -0.39 is 0 Å². The largest absolute Gasteiger partial charge is 0.334 e. The number of benzene rings is 2. The topological polar surface area (TPSA) is 46.1 Å². The maximum atomic E-state index is 12.1. The van der Waals surface area contributed by atoms with E-state index in [1.807, 2.05) is 30.3 Å². The molecule has 1 aromatic heterocycles. The Morgan fingerprint density at radius 1 is 0.885 bits per heavy atom. The van der Waals surface area contributed by atoms with Crippen LogP contribution < -0.4 is 10.6 Å². The van der Waals surface area contributed by atoms with E-state index in [-0.39, 0.29) is 6.03 Å². The number of urea groups is 1. The number of hydrogen-bond acceptors (Lipinski definition) is 1. The Balaban J connectivity index is 1.64. The number of hydrogen-bond donors (Lipinski definition) is 2. The third-order valence-corrected chi connectivity index (χ3v) is 4.53. The molecule has 3 rings (SSSR count). The van der Waals surface area contributed by atoms with Gasteiger partial charge >= 0.3 is 6.03 Å². The van der Waals surface area contributed by atoms with Gasteiger partial charge in [-0.2, -0.15) is 0 Å². The Bertz CT molecular complexity index is 897. The highest BCUT2D eigenvalue weighted by Crippen LogP contribution is 2.21. The van der Waals surface area contributed by atoms with Crippen LogP contribution >= 0.6 is 0 Å². The maximum absolute atomic E-state index is 12.1. The fourth-order valence-corrected chi connectivity index (χ4v) is 3.19. The van der Waals surface area contributed by atoms with Crippen LogP contribution in [0.15, 0.2) is 60.7 Å². The van der Waals surface area contributed by atoms with Crippen LogP contribution in [0.5, 0.6) is 0 Å².